The monoisotopic (exact) mass is 313 g/mol. The Kier molecular flexibility index (Phi) is 3.44. The molecule has 0 radical (unpaired) electrons. The van der Waals surface area contributed by atoms with Crippen LogP contribution in [0.25, 0.3) is 16.6 Å². The third-order valence-corrected chi connectivity index (χ3v) is 4.20. The first-order valence-electron chi connectivity index (χ1n) is 7.35. The van der Waals surface area contributed by atoms with Crippen LogP contribution in [0.5, 0.6) is 0 Å². The molecule has 1 aliphatic rings. The van der Waals surface area contributed by atoms with Crippen molar-refractivity contribution in [3.63, 3.8) is 0 Å². The van der Waals surface area contributed by atoms with Crippen molar-refractivity contribution in [2.75, 3.05) is 31.1 Å². The fraction of sp³-hybridized carbons (Fsp3) is 0.250. The predicted octanol–water partition coefficient (Wildman–Crippen LogP) is 2.48. The minimum Gasteiger partial charge on any atom is -0.354 e. The maximum atomic E-state index is 6.15. The zero-order valence-corrected chi connectivity index (χ0v) is 12.8. The van der Waals surface area contributed by atoms with Gasteiger partial charge in [-0.25, -0.2) is 9.97 Å². The van der Waals surface area contributed by atoms with Gasteiger partial charge in [0.05, 0.1) is 17.5 Å². The van der Waals surface area contributed by atoms with Gasteiger partial charge in [0.25, 0.3) is 0 Å². The normalized spacial score (nSPS) is 15.4. The van der Waals surface area contributed by atoms with Crippen molar-refractivity contribution < 1.29 is 0 Å². The van der Waals surface area contributed by atoms with Crippen LogP contribution in [0.4, 0.5) is 5.82 Å². The van der Waals surface area contributed by atoms with Crippen LogP contribution in [-0.2, 0) is 0 Å². The Morgan fingerprint density at radius 2 is 2.00 bits per heavy atom. The average molecular weight is 314 g/mol. The molecule has 0 aliphatic carbocycles. The summed E-state index contributed by atoms with van der Waals surface area (Å²) in [6.07, 6.45) is 5.54. The first kappa shape index (κ1) is 13.5. The van der Waals surface area contributed by atoms with E-state index in [2.05, 4.69) is 21.3 Å². The molecule has 1 fully saturated rings. The van der Waals surface area contributed by atoms with Crippen molar-refractivity contribution >= 4 is 28.3 Å². The Bertz CT molecular complexity index is 794. The van der Waals surface area contributed by atoms with E-state index in [0.717, 1.165) is 48.6 Å². The molecule has 1 aliphatic heterocycles. The van der Waals surface area contributed by atoms with E-state index in [-0.39, 0.29) is 0 Å². The lowest BCUT2D eigenvalue weighted by molar-refractivity contribution is 0.585. The highest BCUT2D eigenvalue weighted by Crippen LogP contribution is 2.28. The molecule has 1 aromatic carbocycles. The fourth-order valence-electron chi connectivity index (χ4n) is 2.84. The maximum Gasteiger partial charge on any atom is 0.131 e. The summed E-state index contributed by atoms with van der Waals surface area (Å²) in [5, 5.41) is 5.14. The topological polar surface area (TPSA) is 46.0 Å². The first-order chi connectivity index (χ1) is 10.8. The second kappa shape index (κ2) is 5.59. The second-order valence-corrected chi connectivity index (χ2v) is 5.80. The number of halogens is 1. The molecule has 1 saturated heterocycles. The average Bonchev–Trinajstić information content (AvgIpc) is 3.08. The van der Waals surface area contributed by atoms with Crippen LogP contribution in [-0.4, -0.2) is 40.7 Å². The minimum atomic E-state index is 0.703. The smallest absolute Gasteiger partial charge is 0.131 e. The highest BCUT2D eigenvalue weighted by atomic mass is 35.5. The number of piperazine rings is 1. The fourth-order valence-corrected chi connectivity index (χ4v) is 3.01. The number of pyridine rings is 1. The van der Waals surface area contributed by atoms with Crippen LogP contribution < -0.4 is 10.2 Å². The third-order valence-electron chi connectivity index (χ3n) is 3.96. The zero-order chi connectivity index (χ0) is 14.9. The highest BCUT2D eigenvalue weighted by molar-refractivity contribution is 6.31. The second-order valence-electron chi connectivity index (χ2n) is 5.37. The van der Waals surface area contributed by atoms with Gasteiger partial charge in [-0.2, -0.15) is 0 Å². The van der Waals surface area contributed by atoms with Crippen molar-refractivity contribution in [1.29, 1.82) is 0 Å². The number of hydrogen-bond acceptors (Lipinski definition) is 4. The minimum absolute atomic E-state index is 0.703. The third kappa shape index (κ3) is 2.42. The van der Waals surface area contributed by atoms with Gasteiger partial charge in [0.1, 0.15) is 5.82 Å². The van der Waals surface area contributed by atoms with E-state index >= 15 is 0 Å². The molecular formula is C16H16ClN5. The quantitative estimate of drug-likeness (QED) is 0.789. The molecule has 0 spiro atoms. The van der Waals surface area contributed by atoms with Gasteiger partial charge in [-0.1, -0.05) is 11.6 Å². The summed E-state index contributed by atoms with van der Waals surface area (Å²) in [4.78, 5) is 11.3. The largest absolute Gasteiger partial charge is 0.354 e. The molecule has 2 aromatic heterocycles. The van der Waals surface area contributed by atoms with Gasteiger partial charge in [-0.15, -0.1) is 0 Å². The molecule has 3 aromatic rings. The van der Waals surface area contributed by atoms with Crippen molar-refractivity contribution in [3.8, 4) is 5.69 Å². The summed E-state index contributed by atoms with van der Waals surface area (Å²) in [7, 11) is 0. The molecule has 0 amide bonds. The lowest BCUT2D eigenvalue weighted by Gasteiger charge is -2.29. The summed E-state index contributed by atoms with van der Waals surface area (Å²) in [5.74, 6) is 0.986. The molecule has 112 valence electrons. The molecule has 0 bridgehead atoms. The van der Waals surface area contributed by atoms with Gasteiger partial charge in [-0.3, -0.25) is 0 Å². The van der Waals surface area contributed by atoms with Crippen molar-refractivity contribution in [2.45, 2.75) is 0 Å². The van der Waals surface area contributed by atoms with Gasteiger partial charge in [0.2, 0.25) is 0 Å². The van der Waals surface area contributed by atoms with Crippen molar-refractivity contribution in [2.24, 2.45) is 0 Å². The Balaban J connectivity index is 1.91. The maximum absolute atomic E-state index is 6.15. The summed E-state index contributed by atoms with van der Waals surface area (Å²) in [6.45, 7) is 3.89. The summed E-state index contributed by atoms with van der Waals surface area (Å²) < 4.78 is 2.02. The van der Waals surface area contributed by atoms with Gasteiger partial charge >= 0.3 is 0 Å². The van der Waals surface area contributed by atoms with Crippen LogP contribution in [0, 0.1) is 0 Å². The predicted molar refractivity (Wildman–Crippen MR) is 89.0 cm³/mol. The molecule has 22 heavy (non-hydrogen) atoms. The van der Waals surface area contributed by atoms with E-state index in [1.54, 1.807) is 6.20 Å². The molecule has 4 rings (SSSR count). The lowest BCUT2D eigenvalue weighted by Crippen LogP contribution is -2.43. The molecule has 0 saturated carbocycles. The number of nitrogens with zero attached hydrogens (tertiary/aromatic N) is 4. The Hall–Kier alpha value is -2.11. The number of hydrogen-bond donors (Lipinski definition) is 1. The Labute approximate surface area is 133 Å². The molecule has 1 N–H and O–H groups in total. The van der Waals surface area contributed by atoms with E-state index in [9.17, 15) is 0 Å². The standard InChI is InChI=1S/C16H16ClN5/c17-12-1-2-13-14(9-12)20-16(21-6-3-18-4-7-21)10-15(13)22-8-5-19-11-22/h1-2,5,8-11,18H,3-4,6-7H2. The van der Waals surface area contributed by atoms with E-state index in [1.165, 1.54) is 0 Å². The first-order valence-corrected chi connectivity index (χ1v) is 7.73. The number of aromatic nitrogens is 3. The van der Waals surface area contributed by atoms with Gasteiger partial charge in [-0.05, 0) is 18.2 Å². The van der Waals surface area contributed by atoms with Gasteiger partial charge < -0.3 is 14.8 Å². The number of benzene rings is 1. The Morgan fingerprint density at radius 3 is 2.77 bits per heavy atom. The van der Waals surface area contributed by atoms with E-state index < -0.39 is 0 Å². The summed E-state index contributed by atoms with van der Waals surface area (Å²) in [5.41, 5.74) is 1.99. The SMILES string of the molecule is Clc1ccc2c(-n3ccnc3)cc(N3CCNCC3)nc2c1. The molecule has 0 unspecified atom stereocenters. The summed E-state index contributed by atoms with van der Waals surface area (Å²) in [6, 6.07) is 7.96. The molecule has 5 nitrogen and oxygen atoms in total. The number of imidazole rings is 1. The van der Waals surface area contributed by atoms with E-state index in [1.807, 2.05) is 35.3 Å². The van der Waals surface area contributed by atoms with Crippen LogP contribution in [0.3, 0.4) is 0 Å². The lowest BCUT2D eigenvalue weighted by atomic mass is 10.1. The number of nitrogens with one attached hydrogen (secondary N) is 1. The van der Waals surface area contributed by atoms with Crippen molar-refractivity contribution in [1.82, 2.24) is 19.9 Å². The molecule has 3 heterocycles. The number of anilines is 1. The van der Waals surface area contributed by atoms with E-state index in [4.69, 9.17) is 16.6 Å². The summed E-state index contributed by atoms with van der Waals surface area (Å²) >= 11 is 6.15. The van der Waals surface area contributed by atoms with Gasteiger partial charge in [0, 0.05) is 55.0 Å². The Morgan fingerprint density at radius 1 is 1.14 bits per heavy atom. The molecule has 6 heteroatoms. The van der Waals surface area contributed by atoms with Crippen LogP contribution in [0.2, 0.25) is 5.02 Å². The molecule has 0 atom stereocenters. The van der Waals surface area contributed by atoms with Crippen LogP contribution in [0.1, 0.15) is 0 Å². The number of fused-ring (bicyclic) bond motifs is 1. The number of rotatable bonds is 2. The van der Waals surface area contributed by atoms with Crippen LogP contribution >= 0.6 is 11.6 Å². The van der Waals surface area contributed by atoms with Gasteiger partial charge in [0.15, 0.2) is 0 Å². The van der Waals surface area contributed by atoms with E-state index in [0.29, 0.717) is 5.02 Å². The molecular weight excluding hydrogens is 298 g/mol. The van der Waals surface area contributed by atoms with Crippen molar-refractivity contribution in [3.05, 3.63) is 48.0 Å². The van der Waals surface area contributed by atoms with Crippen LogP contribution in [0.15, 0.2) is 43.0 Å². The highest BCUT2D eigenvalue weighted by Gasteiger charge is 2.15. The zero-order valence-electron chi connectivity index (χ0n) is 12.0.